The van der Waals surface area contributed by atoms with E-state index in [2.05, 4.69) is 4.90 Å². The van der Waals surface area contributed by atoms with Gasteiger partial charge in [0.25, 0.3) is 0 Å². The lowest BCUT2D eigenvalue weighted by Crippen LogP contribution is -2.51. The number of carbonyl (C=O) groups excluding carboxylic acids is 3. The predicted molar refractivity (Wildman–Crippen MR) is 124 cm³/mol. The molecule has 8 nitrogen and oxygen atoms in total. The van der Waals surface area contributed by atoms with Crippen LogP contribution in [0.5, 0.6) is 0 Å². The predicted octanol–water partition coefficient (Wildman–Crippen LogP) is 2.48. The minimum Gasteiger partial charge on any atom is -0.449 e. The number of hydrogen-bond acceptors (Lipinski definition) is 6. The summed E-state index contributed by atoms with van der Waals surface area (Å²) in [7, 11) is 0. The molecule has 3 rings (SSSR count). The van der Waals surface area contributed by atoms with E-state index in [4.69, 9.17) is 4.74 Å². The van der Waals surface area contributed by atoms with Crippen LogP contribution in [0.2, 0.25) is 0 Å². The van der Waals surface area contributed by atoms with E-state index < -0.39 is 5.82 Å². The molecule has 0 unspecified atom stereocenters. The molecule has 0 bridgehead atoms. The third kappa shape index (κ3) is 6.90. The average Bonchev–Trinajstić information content (AvgIpc) is 3.03. The molecule has 0 N–H and O–H groups in total. The Morgan fingerprint density at radius 3 is 2.30 bits per heavy atom. The summed E-state index contributed by atoms with van der Waals surface area (Å²) in [5, 5.41) is 0. The highest BCUT2D eigenvalue weighted by atomic mass is 19.1. The Balaban J connectivity index is 1.45. The van der Waals surface area contributed by atoms with Gasteiger partial charge in [-0.25, -0.2) is 9.18 Å². The monoisotopic (exact) mass is 462 g/mol. The van der Waals surface area contributed by atoms with E-state index in [9.17, 15) is 18.8 Å². The number of carbonyl (C=O) groups is 3. The molecule has 0 atom stereocenters. The van der Waals surface area contributed by atoms with Crippen molar-refractivity contribution in [3.05, 3.63) is 29.6 Å². The molecule has 2 amide bonds. The van der Waals surface area contributed by atoms with Crippen LogP contribution < -0.4 is 4.90 Å². The Labute approximate surface area is 195 Å². The van der Waals surface area contributed by atoms with Gasteiger partial charge in [-0.1, -0.05) is 13.8 Å². The summed E-state index contributed by atoms with van der Waals surface area (Å²) in [5.41, 5.74) is 0.818. The lowest BCUT2D eigenvalue weighted by atomic mass is 10.1. The largest absolute Gasteiger partial charge is 0.449 e. The van der Waals surface area contributed by atoms with Crippen molar-refractivity contribution in [2.45, 2.75) is 27.2 Å². The van der Waals surface area contributed by atoms with Gasteiger partial charge < -0.3 is 19.4 Å². The molecular weight excluding hydrogens is 427 g/mol. The number of rotatable bonds is 6. The number of piperazine rings is 1. The number of hydrogen-bond donors (Lipinski definition) is 0. The molecule has 2 aliphatic rings. The zero-order valence-electron chi connectivity index (χ0n) is 19.9. The third-order valence-electron chi connectivity index (χ3n) is 6.07. The average molecular weight is 463 g/mol. The molecule has 9 heteroatoms. The van der Waals surface area contributed by atoms with Crippen LogP contribution in [0.4, 0.5) is 14.9 Å². The number of Topliss-reactive ketones (excluding diaryl/α,β-unsaturated/α-hetero) is 1. The van der Waals surface area contributed by atoms with E-state index in [1.54, 1.807) is 17.0 Å². The highest BCUT2D eigenvalue weighted by Crippen LogP contribution is 2.22. The van der Waals surface area contributed by atoms with Gasteiger partial charge in [-0.3, -0.25) is 14.5 Å². The van der Waals surface area contributed by atoms with Crippen molar-refractivity contribution in [3.63, 3.8) is 0 Å². The number of halogens is 1. The van der Waals surface area contributed by atoms with Crippen LogP contribution in [-0.4, -0.2) is 98.0 Å². The van der Waals surface area contributed by atoms with E-state index in [-0.39, 0.29) is 17.8 Å². The van der Waals surface area contributed by atoms with Gasteiger partial charge >= 0.3 is 6.09 Å². The second-order valence-corrected chi connectivity index (χ2v) is 9.18. The Hall–Kier alpha value is -2.68. The minimum atomic E-state index is -0.413. The zero-order valence-corrected chi connectivity index (χ0v) is 19.9. The summed E-state index contributed by atoms with van der Waals surface area (Å²) in [4.78, 5) is 44.0. The first-order chi connectivity index (χ1) is 15.7. The molecular formula is C24H35FN4O4. The quantitative estimate of drug-likeness (QED) is 0.605. The summed E-state index contributed by atoms with van der Waals surface area (Å²) in [6, 6.07) is 4.55. The maximum atomic E-state index is 14.5. The molecule has 0 aliphatic carbocycles. The standard InChI is InChI=1S/C24H35FN4O4/c1-18(2)17-33-24(32)29-8-4-7-26(9-10-29)16-23(31)28-13-11-27(12-14-28)22-6-5-20(19(3)30)15-21(22)25/h5-6,15,18H,4,7-14,16-17H2,1-3H3. The van der Waals surface area contributed by atoms with Gasteiger partial charge in [-0.05, 0) is 37.5 Å². The maximum absolute atomic E-state index is 14.5. The molecule has 33 heavy (non-hydrogen) atoms. The number of nitrogens with zero attached hydrogens (tertiary/aromatic N) is 4. The van der Waals surface area contributed by atoms with Gasteiger partial charge in [0, 0.05) is 57.9 Å². The lowest BCUT2D eigenvalue weighted by Gasteiger charge is -2.37. The third-order valence-corrected chi connectivity index (χ3v) is 6.07. The van der Waals surface area contributed by atoms with Crippen molar-refractivity contribution in [2.75, 3.05) is 70.4 Å². The van der Waals surface area contributed by atoms with Crippen molar-refractivity contribution >= 4 is 23.5 Å². The molecule has 2 fully saturated rings. The van der Waals surface area contributed by atoms with Crippen LogP contribution in [0.15, 0.2) is 18.2 Å². The number of benzene rings is 1. The van der Waals surface area contributed by atoms with Gasteiger partial charge in [-0.15, -0.1) is 0 Å². The normalized spacial score (nSPS) is 17.8. The van der Waals surface area contributed by atoms with Gasteiger partial charge in [0.05, 0.1) is 18.8 Å². The summed E-state index contributed by atoms with van der Waals surface area (Å²) in [5.74, 6) is -0.228. The van der Waals surface area contributed by atoms with Crippen LogP contribution in [0, 0.1) is 11.7 Å². The minimum absolute atomic E-state index is 0.0536. The fourth-order valence-corrected chi connectivity index (χ4v) is 4.11. The first-order valence-electron chi connectivity index (χ1n) is 11.7. The van der Waals surface area contributed by atoms with Crippen molar-refractivity contribution in [2.24, 2.45) is 5.92 Å². The van der Waals surface area contributed by atoms with Gasteiger partial charge in [-0.2, -0.15) is 0 Å². The first kappa shape index (κ1) is 25.0. The SMILES string of the molecule is CC(=O)c1ccc(N2CCN(C(=O)CN3CCCN(C(=O)OCC(C)C)CC3)CC2)c(F)c1. The molecule has 0 spiro atoms. The second kappa shape index (κ2) is 11.4. The maximum Gasteiger partial charge on any atom is 0.409 e. The van der Waals surface area contributed by atoms with Gasteiger partial charge in [0.15, 0.2) is 5.78 Å². The van der Waals surface area contributed by atoms with Crippen molar-refractivity contribution in [1.29, 1.82) is 0 Å². The van der Waals surface area contributed by atoms with E-state index in [0.717, 1.165) is 13.0 Å². The molecule has 1 aromatic rings. The van der Waals surface area contributed by atoms with E-state index in [0.29, 0.717) is 76.1 Å². The van der Waals surface area contributed by atoms with E-state index >= 15 is 0 Å². The molecule has 1 aromatic carbocycles. The molecule has 2 saturated heterocycles. The van der Waals surface area contributed by atoms with E-state index in [1.165, 1.54) is 13.0 Å². The first-order valence-corrected chi connectivity index (χ1v) is 11.7. The smallest absolute Gasteiger partial charge is 0.409 e. The molecule has 2 heterocycles. The fourth-order valence-electron chi connectivity index (χ4n) is 4.11. The Morgan fingerprint density at radius 1 is 0.970 bits per heavy atom. The van der Waals surface area contributed by atoms with Gasteiger partial charge in [0.2, 0.25) is 5.91 Å². The summed E-state index contributed by atoms with van der Waals surface area (Å²) in [6.45, 7) is 10.8. The van der Waals surface area contributed by atoms with Crippen LogP contribution >= 0.6 is 0 Å². The fraction of sp³-hybridized carbons (Fsp3) is 0.625. The second-order valence-electron chi connectivity index (χ2n) is 9.18. The zero-order chi connectivity index (χ0) is 24.0. The molecule has 0 aromatic heterocycles. The number of ketones is 1. The lowest BCUT2D eigenvalue weighted by molar-refractivity contribution is -0.132. The molecule has 2 aliphatic heterocycles. The molecule has 0 radical (unpaired) electrons. The summed E-state index contributed by atoms with van der Waals surface area (Å²) >= 11 is 0. The number of amides is 2. The summed E-state index contributed by atoms with van der Waals surface area (Å²) in [6.07, 6.45) is 0.518. The van der Waals surface area contributed by atoms with Crippen LogP contribution in [0.1, 0.15) is 37.6 Å². The molecule has 0 saturated carbocycles. The Kier molecular flexibility index (Phi) is 8.66. The van der Waals surface area contributed by atoms with Crippen molar-refractivity contribution in [3.8, 4) is 0 Å². The Morgan fingerprint density at radius 2 is 1.67 bits per heavy atom. The topological polar surface area (TPSA) is 73.4 Å². The molecule has 182 valence electrons. The van der Waals surface area contributed by atoms with Crippen molar-refractivity contribution in [1.82, 2.24) is 14.7 Å². The highest BCUT2D eigenvalue weighted by molar-refractivity contribution is 5.94. The van der Waals surface area contributed by atoms with Gasteiger partial charge in [0.1, 0.15) is 5.82 Å². The highest BCUT2D eigenvalue weighted by Gasteiger charge is 2.26. The number of ether oxygens (including phenoxy) is 1. The van der Waals surface area contributed by atoms with Crippen LogP contribution in [-0.2, 0) is 9.53 Å². The summed E-state index contributed by atoms with van der Waals surface area (Å²) < 4.78 is 19.8. The van der Waals surface area contributed by atoms with Crippen LogP contribution in [0.25, 0.3) is 0 Å². The van der Waals surface area contributed by atoms with E-state index in [1.807, 2.05) is 23.6 Å². The van der Waals surface area contributed by atoms with Crippen molar-refractivity contribution < 1.29 is 23.5 Å². The number of anilines is 1. The van der Waals surface area contributed by atoms with Crippen LogP contribution in [0.3, 0.4) is 0 Å². The Bertz CT molecular complexity index is 855.